The molecule has 0 atom stereocenters. The van der Waals surface area contributed by atoms with E-state index in [9.17, 15) is 9.59 Å². The lowest BCUT2D eigenvalue weighted by molar-refractivity contribution is 0.0660. The average Bonchev–Trinajstić information content (AvgIpc) is 2.81. The second-order valence-electron chi connectivity index (χ2n) is 3.76. The van der Waals surface area contributed by atoms with Gasteiger partial charge in [0.1, 0.15) is 0 Å². The molecule has 0 spiro atoms. The summed E-state index contributed by atoms with van der Waals surface area (Å²) in [4.78, 5) is 22.8. The maximum atomic E-state index is 12.1. The summed E-state index contributed by atoms with van der Waals surface area (Å²) in [5.41, 5.74) is 1.28. The van der Waals surface area contributed by atoms with Crippen LogP contribution in [0, 0.1) is 6.92 Å². The van der Waals surface area contributed by atoms with Gasteiger partial charge in [-0.05, 0) is 36.8 Å². The molecule has 5 heteroatoms. The number of furan rings is 1. The summed E-state index contributed by atoms with van der Waals surface area (Å²) in [6.07, 6.45) is 0. The molecule has 0 saturated carbocycles. The Labute approximate surface area is 111 Å². The van der Waals surface area contributed by atoms with E-state index in [1.807, 2.05) is 6.07 Å². The van der Waals surface area contributed by atoms with Gasteiger partial charge in [-0.25, -0.2) is 4.79 Å². The number of ketones is 1. The molecule has 0 aliphatic rings. The monoisotopic (exact) mass is 308 g/mol. The minimum atomic E-state index is -1.19. The van der Waals surface area contributed by atoms with Crippen LogP contribution in [-0.2, 0) is 0 Å². The number of hydrogen-bond donors (Lipinski definition) is 1. The molecular weight excluding hydrogens is 300 g/mol. The summed E-state index contributed by atoms with van der Waals surface area (Å²) in [5, 5.41) is 8.74. The predicted molar refractivity (Wildman–Crippen MR) is 68.0 cm³/mol. The highest BCUT2D eigenvalue weighted by Gasteiger charge is 2.18. The first-order valence-corrected chi connectivity index (χ1v) is 5.92. The van der Waals surface area contributed by atoms with Crippen molar-refractivity contribution in [1.82, 2.24) is 0 Å². The standard InChI is InChI=1S/C13H9BrO4/c1-7-2-3-8(14)6-9(7)12(15)10-4-5-11(18-10)13(16)17/h2-6H,1H3,(H,16,17). The molecule has 0 unspecified atom stereocenters. The third kappa shape index (κ3) is 2.36. The minimum Gasteiger partial charge on any atom is -0.475 e. The van der Waals surface area contributed by atoms with Crippen LogP contribution in [0.5, 0.6) is 0 Å². The average molecular weight is 309 g/mol. The highest BCUT2D eigenvalue weighted by atomic mass is 79.9. The summed E-state index contributed by atoms with van der Waals surface area (Å²) >= 11 is 3.29. The van der Waals surface area contributed by atoms with Gasteiger partial charge in [0, 0.05) is 10.0 Å². The molecule has 2 rings (SSSR count). The van der Waals surface area contributed by atoms with Gasteiger partial charge in [0.2, 0.25) is 11.5 Å². The molecular formula is C13H9BrO4. The summed E-state index contributed by atoms with van der Waals surface area (Å²) in [6, 6.07) is 7.95. The van der Waals surface area contributed by atoms with E-state index in [-0.39, 0.29) is 17.3 Å². The van der Waals surface area contributed by atoms with E-state index in [0.29, 0.717) is 5.56 Å². The molecule has 1 aromatic carbocycles. The maximum Gasteiger partial charge on any atom is 0.371 e. The molecule has 0 fully saturated rings. The van der Waals surface area contributed by atoms with E-state index in [0.717, 1.165) is 10.0 Å². The summed E-state index contributed by atoms with van der Waals surface area (Å²) in [5.74, 6) is -1.75. The SMILES string of the molecule is Cc1ccc(Br)cc1C(=O)c1ccc(C(=O)O)o1. The lowest BCUT2D eigenvalue weighted by Gasteiger charge is -2.03. The van der Waals surface area contributed by atoms with E-state index in [1.165, 1.54) is 12.1 Å². The van der Waals surface area contributed by atoms with Crippen LogP contribution in [0.3, 0.4) is 0 Å². The van der Waals surface area contributed by atoms with E-state index < -0.39 is 5.97 Å². The van der Waals surface area contributed by atoms with Crippen molar-refractivity contribution in [3.8, 4) is 0 Å². The van der Waals surface area contributed by atoms with Gasteiger partial charge in [0.25, 0.3) is 0 Å². The quantitative estimate of drug-likeness (QED) is 0.884. The first-order chi connectivity index (χ1) is 8.49. The zero-order chi connectivity index (χ0) is 13.3. The summed E-state index contributed by atoms with van der Waals surface area (Å²) in [7, 11) is 0. The molecule has 4 nitrogen and oxygen atoms in total. The Balaban J connectivity index is 2.41. The Bertz CT molecular complexity index is 628. The van der Waals surface area contributed by atoms with Crippen molar-refractivity contribution in [2.75, 3.05) is 0 Å². The lowest BCUT2D eigenvalue weighted by Crippen LogP contribution is -2.02. The smallest absolute Gasteiger partial charge is 0.371 e. The minimum absolute atomic E-state index is 0.0219. The second-order valence-corrected chi connectivity index (χ2v) is 4.67. The normalized spacial score (nSPS) is 10.3. The van der Waals surface area contributed by atoms with Gasteiger partial charge in [0.15, 0.2) is 5.76 Å². The van der Waals surface area contributed by atoms with Crippen LogP contribution < -0.4 is 0 Å². The van der Waals surface area contributed by atoms with E-state index in [2.05, 4.69) is 15.9 Å². The molecule has 1 heterocycles. The Morgan fingerprint density at radius 2 is 1.83 bits per heavy atom. The van der Waals surface area contributed by atoms with Gasteiger partial charge in [-0.1, -0.05) is 22.0 Å². The predicted octanol–water partition coefficient (Wildman–Crippen LogP) is 3.28. The third-order valence-electron chi connectivity index (χ3n) is 2.48. The molecule has 1 aromatic heterocycles. The number of benzene rings is 1. The molecule has 92 valence electrons. The fraction of sp³-hybridized carbons (Fsp3) is 0.0769. The zero-order valence-corrected chi connectivity index (χ0v) is 11.0. The van der Waals surface area contributed by atoms with Crippen molar-refractivity contribution in [3.05, 3.63) is 57.5 Å². The Morgan fingerprint density at radius 1 is 1.17 bits per heavy atom. The Kier molecular flexibility index (Phi) is 3.34. The van der Waals surface area contributed by atoms with E-state index in [4.69, 9.17) is 9.52 Å². The second kappa shape index (κ2) is 4.78. The number of carboxylic acids is 1. The highest BCUT2D eigenvalue weighted by molar-refractivity contribution is 9.10. The van der Waals surface area contributed by atoms with Crippen LogP contribution in [0.2, 0.25) is 0 Å². The van der Waals surface area contributed by atoms with Crippen LogP contribution in [-0.4, -0.2) is 16.9 Å². The van der Waals surface area contributed by atoms with Crippen LogP contribution in [0.1, 0.15) is 32.2 Å². The third-order valence-corrected chi connectivity index (χ3v) is 2.98. The zero-order valence-electron chi connectivity index (χ0n) is 9.44. The first-order valence-electron chi connectivity index (χ1n) is 5.13. The van der Waals surface area contributed by atoms with Crippen molar-refractivity contribution in [2.24, 2.45) is 0 Å². The fourth-order valence-corrected chi connectivity index (χ4v) is 1.91. The molecule has 0 amide bonds. The van der Waals surface area contributed by atoms with Crippen LogP contribution in [0.25, 0.3) is 0 Å². The molecule has 0 radical (unpaired) electrons. The van der Waals surface area contributed by atoms with Crippen molar-refractivity contribution in [2.45, 2.75) is 6.92 Å². The number of carbonyl (C=O) groups excluding carboxylic acids is 1. The highest BCUT2D eigenvalue weighted by Crippen LogP contribution is 2.20. The van der Waals surface area contributed by atoms with Gasteiger partial charge < -0.3 is 9.52 Å². The number of hydrogen-bond acceptors (Lipinski definition) is 3. The number of aromatic carboxylic acids is 1. The van der Waals surface area contributed by atoms with E-state index >= 15 is 0 Å². The Morgan fingerprint density at radius 3 is 2.44 bits per heavy atom. The molecule has 0 aliphatic carbocycles. The summed E-state index contributed by atoms with van der Waals surface area (Å²) in [6.45, 7) is 1.81. The number of carbonyl (C=O) groups is 2. The van der Waals surface area contributed by atoms with Crippen molar-refractivity contribution in [1.29, 1.82) is 0 Å². The number of rotatable bonds is 3. The lowest BCUT2D eigenvalue weighted by atomic mass is 10.0. The molecule has 0 saturated heterocycles. The van der Waals surface area contributed by atoms with E-state index in [1.54, 1.807) is 19.1 Å². The van der Waals surface area contributed by atoms with Gasteiger partial charge in [0.05, 0.1) is 0 Å². The molecule has 2 aromatic rings. The number of carboxylic acid groups (broad SMARTS) is 1. The molecule has 1 N–H and O–H groups in total. The van der Waals surface area contributed by atoms with Gasteiger partial charge >= 0.3 is 5.97 Å². The van der Waals surface area contributed by atoms with Gasteiger partial charge in [-0.3, -0.25) is 4.79 Å². The van der Waals surface area contributed by atoms with Crippen LogP contribution in [0.4, 0.5) is 0 Å². The van der Waals surface area contributed by atoms with Crippen molar-refractivity contribution in [3.63, 3.8) is 0 Å². The molecule has 0 aliphatic heterocycles. The Hall–Kier alpha value is -1.88. The summed E-state index contributed by atoms with van der Waals surface area (Å²) < 4.78 is 5.77. The number of halogens is 1. The largest absolute Gasteiger partial charge is 0.475 e. The van der Waals surface area contributed by atoms with Gasteiger partial charge in [-0.15, -0.1) is 0 Å². The molecule has 18 heavy (non-hydrogen) atoms. The van der Waals surface area contributed by atoms with Crippen LogP contribution in [0.15, 0.2) is 39.2 Å². The fourth-order valence-electron chi connectivity index (χ4n) is 1.55. The van der Waals surface area contributed by atoms with Crippen molar-refractivity contribution < 1.29 is 19.1 Å². The topological polar surface area (TPSA) is 67.5 Å². The number of aryl methyl sites for hydroxylation is 1. The maximum absolute atomic E-state index is 12.1. The van der Waals surface area contributed by atoms with Gasteiger partial charge in [-0.2, -0.15) is 0 Å². The molecule has 0 bridgehead atoms. The van der Waals surface area contributed by atoms with Crippen LogP contribution >= 0.6 is 15.9 Å². The first kappa shape index (κ1) is 12.6. The van der Waals surface area contributed by atoms with Crippen molar-refractivity contribution >= 4 is 27.7 Å².